The summed E-state index contributed by atoms with van der Waals surface area (Å²) in [5.74, 6) is 0. The molecule has 0 heterocycles. The van der Waals surface area contributed by atoms with Gasteiger partial charge in [-0.15, -0.1) is 0 Å². The summed E-state index contributed by atoms with van der Waals surface area (Å²) in [4.78, 5) is 8.60. The van der Waals surface area contributed by atoms with Gasteiger partial charge in [-0.3, -0.25) is 9.09 Å². The van der Waals surface area contributed by atoms with Crippen LogP contribution in [0.1, 0.15) is 0 Å². The van der Waals surface area contributed by atoms with Crippen molar-refractivity contribution in [3.05, 3.63) is 0 Å². The van der Waals surface area contributed by atoms with E-state index in [1.54, 1.807) is 0 Å². The SMILES string of the molecule is COP(=O)(O)OP(C)(C)=O. The van der Waals surface area contributed by atoms with Crippen LogP contribution in [0.15, 0.2) is 0 Å². The fourth-order valence-electron chi connectivity index (χ4n) is 0.282. The fourth-order valence-corrected chi connectivity index (χ4v) is 2.54. The monoisotopic (exact) mass is 188 g/mol. The van der Waals surface area contributed by atoms with Crippen LogP contribution in [0.3, 0.4) is 0 Å². The second kappa shape index (κ2) is 3.16. The Kier molecular flexibility index (Phi) is 3.27. The normalized spacial score (nSPS) is 18.4. The van der Waals surface area contributed by atoms with Gasteiger partial charge in [0.25, 0.3) is 0 Å². The average molecular weight is 188 g/mol. The number of phosphoric acid groups is 1. The molecule has 0 radical (unpaired) electrons. The molecule has 1 atom stereocenters. The highest BCUT2D eigenvalue weighted by Crippen LogP contribution is 2.57. The van der Waals surface area contributed by atoms with Crippen LogP contribution >= 0.6 is 15.2 Å². The molecule has 1 unspecified atom stereocenters. The van der Waals surface area contributed by atoms with Gasteiger partial charge in [-0.05, 0) is 0 Å². The van der Waals surface area contributed by atoms with E-state index in [1.807, 2.05) is 0 Å². The zero-order valence-electron chi connectivity index (χ0n) is 5.97. The van der Waals surface area contributed by atoms with Crippen molar-refractivity contribution in [3.63, 3.8) is 0 Å². The third-order valence-corrected chi connectivity index (χ3v) is 3.39. The first-order valence-electron chi connectivity index (χ1n) is 2.42. The average Bonchev–Trinajstić information content (AvgIpc) is 1.60. The van der Waals surface area contributed by atoms with Gasteiger partial charge in [-0.2, -0.15) is 0 Å². The summed E-state index contributed by atoms with van der Waals surface area (Å²) >= 11 is 0. The van der Waals surface area contributed by atoms with Crippen LogP contribution in [0.2, 0.25) is 0 Å². The second-order valence-electron chi connectivity index (χ2n) is 1.98. The zero-order valence-corrected chi connectivity index (χ0v) is 7.76. The van der Waals surface area contributed by atoms with E-state index in [9.17, 15) is 9.13 Å². The first-order valence-corrected chi connectivity index (χ1v) is 6.43. The Morgan fingerprint density at radius 3 is 1.80 bits per heavy atom. The largest absolute Gasteiger partial charge is 0.477 e. The Hall–Kier alpha value is 0.340. The molecule has 7 heteroatoms. The fraction of sp³-hybridized carbons (Fsp3) is 1.00. The van der Waals surface area contributed by atoms with E-state index in [0.29, 0.717) is 0 Å². The van der Waals surface area contributed by atoms with Gasteiger partial charge >= 0.3 is 7.82 Å². The van der Waals surface area contributed by atoms with E-state index in [2.05, 4.69) is 8.83 Å². The Labute approximate surface area is 59.4 Å². The number of hydrogen-bond acceptors (Lipinski definition) is 4. The predicted molar refractivity (Wildman–Crippen MR) is 37.4 cm³/mol. The van der Waals surface area contributed by atoms with E-state index >= 15 is 0 Å². The minimum absolute atomic E-state index is 1.01. The van der Waals surface area contributed by atoms with Gasteiger partial charge in [-0.1, -0.05) is 0 Å². The van der Waals surface area contributed by atoms with Gasteiger partial charge < -0.3 is 4.89 Å². The lowest BCUT2D eigenvalue weighted by molar-refractivity contribution is 0.245. The highest BCUT2D eigenvalue weighted by atomic mass is 31.3. The molecule has 0 bridgehead atoms. The van der Waals surface area contributed by atoms with Gasteiger partial charge in [0.05, 0.1) is 0 Å². The van der Waals surface area contributed by atoms with Crippen molar-refractivity contribution in [2.45, 2.75) is 0 Å². The van der Waals surface area contributed by atoms with Crippen LogP contribution in [-0.4, -0.2) is 25.3 Å². The third-order valence-electron chi connectivity index (χ3n) is 0.531. The van der Waals surface area contributed by atoms with Crippen molar-refractivity contribution in [1.29, 1.82) is 0 Å². The molecule has 0 aromatic carbocycles. The zero-order chi connectivity index (χ0) is 8.41. The van der Waals surface area contributed by atoms with E-state index < -0.39 is 15.2 Å². The number of rotatable bonds is 3. The molecule has 0 fully saturated rings. The van der Waals surface area contributed by atoms with Crippen LogP contribution in [-0.2, 0) is 18.0 Å². The van der Waals surface area contributed by atoms with Crippen LogP contribution in [0, 0.1) is 0 Å². The summed E-state index contributed by atoms with van der Waals surface area (Å²) in [6.07, 6.45) is 0. The quantitative estimate of drug-likeness (QED) is 0.675. The molecule has 0 saturated heterocycles. The van der Waals surface area contributed by atoms with E-state index in [4.69, 9.17) is 4.89 Å². The Morgan fingerprint density at radius 2 is 1.70 bits per heavy atom. The molecular formula is C3H10O5P2. The molecule has 0 spiro atoms. The van der Waals surface area contributed by atoms with Gasteiger partial charge in [0.1, 0.15) is 0 Å². The van der Waals surface area contributed by atoms with Gasteiger partial charge in [0.2, 0.25) is 7.37 Å². The molecule has 0 aliphatic carbocycles. The standard InChI is InChI=1S/C3H10O5P2/c1-7-10(5,6)8-9(2,3)4/h1-3H3,(H,5,6). The highest BCUT2D eigenvalue weighted by molar-refractivity contribution is 7.66. The summed E-state index contributed by atoms with van der Waals surface area (Å²) in [7, 11) is -5.99. The molecule has 10 heavy (non-hydrogen) atoms. The van der Waals surface area contributed by atoms with Gasteiger partial charge in [0.15, 0.2) is 0 Å². The van der Waals surface area contributed by atoms with E-state index in [-0.39, 0.29) is 0 Å². The summed E-state index contributed by atoms with van der Waals surface area (Å²) in [5, 5.41) is 0. The maximum atomic E-state index is 10.8. The van der Waals surface area contributed by atoms with Gasteiger partial charge in [0, 0.05) is 20.4 Å². The summed E-state index contributed by atoms with van der Waals surface area (Å²) in [5.41, 5.74) is 0. The van der Waals surface area contributed by atoms with E-state index in [0.717, 1.165) is 7.11 Å². The maximum Gasteiger partial charge on any atom is 0.477 e. The lowest BCUT2D eigenvalue weighted by Gasteiger charge is -2.11. The second-order valence-corrected chi connectivity index (χ2v) is 6.44. The molecule has 1 N–H and O–H groups in total. The summed E-state index contributed by atoms with van der Waals surface area (Å²) < 4.78 is 29.5. The van der Waals surface area contributed by atoms with Crippen LogP contribution in [0.25, 0.3) is 0 Å². The number of phosphoric ester groups is 1. The molecule has 0 aromatic rings. The van der Waals surface area contributed by atoms with Gasteiger partial charge in [-0.25, -0.2) is 8.88 Å². The maximum absolute atomic E-state index is 10.8. The minimum Gasteiger partial charge on any atom is -0.302 e. The Balaban J connectivity index is 4.17. The van der Waals surface area contributed by atoms with Crippen LogP contribution < -0.4 is 0 Å². The summed E-state index contributed by atoms with van der Waals surface area (Å²) in [6, 6.07) is 0. The van der Waals surface area contributed by atoms with Crippen LogP contribution in [0.5, 0.6) is 0 Å². The first kappa shape index (κ1) is 10.3. The van der Waals surface area contributed by atoms with Crippen LogP contribution in [0.4, 0.5) is 0 Å². The molecule has 5 nitrogen and oxygen atoms in total. The van der Waals surface area contributed by atoms with Crippen molar-refractivity contribution in [2.24, 2.45) is 0 Å². The highest BCUT2D eigenvalue weighted by Gasteiger charge is 2.25. The molecular weight excluding hydrogens is 178 g/mol. The lowest BCUT2D eigenvalue weighted by Crippen LogP contribution is -1.87. The van der Waals surface area contributed by atoms with Crippen molar-refractivity contribution >= 4 is 15.2 Å². The molecule has 0 amide bonds. The van der Waals surface area contributed by atoms with E-state index in [1.165, 1.54) is 13.3 Å². The Morgan fingerprint density at radius 1 is 1.30 bits per heavy atom. The minimum atomic E-state index is -4.06. The molecule has 0 aliphatic rings. The Bertz CT molecular complexity index is 193. The molecule has 62 valence electrons. The van der Waals surface area contributed by atoms with Crippen molar-refractivity contribution in [3.8, 4) is 0 Å². The van der Waals surface area contributed by atoms with Crippen molar-refractivity contribution < 1.29 is 22.9 Å². The molecule has 0 aliphatic heterocycles. The first-order chi connectivity index (χ1) is 4.27. The van der Waals surface area contributed by atoms with Crippen molar-refractivity contribution in [2.75, 3.05) is 20.4 Å². The molecule has 0 saturated carbocycles. The summed E-state index contributed by atoms with van der Waals surface area (Å²) in [6.45, 7) is 2.46. The predicted octanol–water partition coefficient (Wildman–Crippen LogP) is 1.29. The topological polar surface area (TPSA) is 72.8 Å². The molecule has 0 aromatic heterocycles. The third kappa shape index (κ3) is 5.15. The molecule has 0 rings (SSSR count). The smallest absolute Gasteiger partial charge is 0.302 e. The number of hydrogen-bond donors (Lipinski definition) is 1. The lowest BCUT2D eigenvalue weighted by atomic mass is 11.8. The van der Waals surface area contributed by atoms with Crippen molar-refractivity contribution in [1.82, 2.24) is 0 Å².